The Labute approximate surface area is 268 Å². The van der Waals surface area contributed by atoms with Crippen molar-refractivity contribution in [2.75, 3.05) is 11.9 Å². The summed E-state index contributed by atoms with van der Waals surface area (Å²) in [6, 6.07) is 10.6. The Balaban J connectivity index is 1.40. The molecule has 4 aromatic heterocycles. The van der Waals surface area contributed by atoms with Crippen LogP contribution < -0.4 is 5.32 Å². The first-order valence-corrected chi connectivity index (χ1v) is 17.5. The molecule has 9 nitrogen and oxygen atoms in total. The molecule has 13 heteroatoms. The highest BCUT2D eigenvalue weighted by molar-refractivity contribution is 7.90. The summed E-state index contributed by atoms with van der Waals surface area (Å²) < 4.78 is 65.1. The number of hydrogen-bond acceptors (Lipinski definition) is 9. The average Bonchev–Trinajstić information content (AvgIpc) is 3.72. The Morgan fingerprint density at radius 2 is 1.83 bits per heavy atom. The van der Waals surface area contributed by atoms with Gasteiger partial charge >= 0.3 is 5.97 Å². The van der Waals surface area contributed by atoms with Gasteiger partial charge in [0.1, 0.15) is 11.5 Å². The summed E-state index contributed by atoms with van der Waals surface area (Å²) in [5.41, 5.74) is 1.02. The van der Waals surface area contributed by atoms with Crippen LogP contribution in [0.2, 0.25) is 0 Å². The van der Waals surface area contributed by atoms with Crippen LogP contribution in [0.1, 0.15) is 38.2 Å². The van der Waals surface area contributed by atoms with Gasteiger partial charge in [0.25, 0.3) is 10.0 Å². The van der Waals surface area contributed by atoms with Crippen molar-refractivity contribution in [2.24, 2.45) is 17.8 Å². The van der Waals surface area contributed by atoms with Crippen molar-refractivity contribution < 1.29 is 26.7 Å². The van der Waals surface area contributed by atoms with E-state index in [1.54, 1.807) is 36.6 Å². The first kappa shape index (κ1) is 30.4. The van der Waals surface area contributed by atoms with Crippen molar-refractivity contribution in [1.82, 2.24) is 18.9 Å². The van der Waals surface area contributed by atoms with Crippen LogP contribution in [0.5, 0.6) is 0 Å². The van der Waals surface area contributed by atoms with E-state index < -0.39 is 33.6 Å². The van der Waals surface area contributed by atoms with Crippen LogP contribution in [0.25, 0.3) is 33.0 Å². The summed E-state index contributed by atoms with van der Waals surface area (Å²) in [5, 5.41) is 5.21. The zero-order valence-electron chi connectivity index (χ0n) is 25.1. The third-order valence-electron chi connectivity index (χ3n) is 9.08. The van der Waals surface area contributed by atoms with Gasteiger partial charge in [-0.15, -0.1) is 11.3 Å². The van der Waals surface area contributed by atoms with E-state index >= 15 is 4.39 Å². The SMILES string of the molecule is CCOC(=O)[C@H]1C2CCC(CC2)[C@@H]1Nc1nc(-c2cn(S(=O)(=O)c3ccc(C)cc3)c3ncc(F)cc23)nc(-c2cccs2)c1F. The average molecular weight is 664 g/mol. The molecule has 8 rings (SSSR count). The van der Waals surface area contributed by atoms with Crippen molar-refractivity contribution in [1.29, 1.82) is 0 Å². The van der Waals surface area contributed by atoms with E-state index in [0.717, 1.165) is 41.4 Å². The molecule has 0 spiro atoms. The first-order valence-electron chi connectivity index (χ1n) is 15.2. The molecule has 0 unspecified atom stereocenters. The molecule has 46 heavy (non-hydrogen) atoms. The Kier molecular flexibility index (Phi) is 7.84. The lowest BCUT2D eigenvalue weighted by Crippen LogP contribution is -2.52. The van der Waals surface area contributed by atoms with Gasteiger partial charge in [0.2, 0.25) is 0 Å². The van der Waals surface area contributed by atoms with E-state index in [0.29, 0.717) is 4.88 Å². The van der Waals surface area contributed by atoms with Gasteiger partial charge in [0.05, 0.1) is 28.5 Å². The van der Waals surface area contributed by atoms with Crippen LogP contribution in [0, 0.1) is 36.3 Å². The fourth-order valence-corrected chi connectivity index (χ4v) is 8.90. The van der Waals surface area contributed by atoms with E-state index in [9.17, 15) is 17.6 Å². The van der Waals surface area contributed by atoms with Gasteiger partial charge in [-0.05, 0) is 81.0 Å². The summed E-state index contributed by atoms with van der Waals surface area (Å²) in [7, 11) is -4.17. The lowest BCUT2D eigenvalue weighted by Gasteiger charge is -2.47. The number of rotatable bonds is 8. The zero-order valence-corrected chi connectivity index (χ0v) is 26.7. The molecule has 4 heterocycles. The molecule has 5 aromatic rings. The Hall–Kier alpha value is -4.23. The van der Waals surface area contributed by atoms with E-state index in [4.69, 9.17) is 4.74 Å². The molecule has 2 bridgehead atoms. The van der Waals surface area contributed by atoms with E-state index in [2.05, 4.69) is 20.3 Å². The second kappa shape index (κ2) is 11.8. The highest BCUT2D eigenvalue weighted by Gasteiger charge is 2.48. The number of thiophene rings is 1. The third-order valence-corrected chi connectivity index (χ3v) is 11.6. The fourth-order valence-electron chi connectivity index (χ4n) is 6.87. The second-order valence-corrected chi connectivity index (χ2v) is 14.6. The monoisotopic (exact) mass is 663 g/mol. The molecule has 3 aliphatic carbocycles. The molecule has 3 fully saturated rings. The summed E-state index contributed by atoms with van der Waals surface area (Å²) >= 11 is 1.28. The van der Waals surface area contributed by atoms with E-state index in [1.807, 2.05) is 6.92 Å². The topological polar surface area (TPSA) is 116 Å². The number of esters is 1. The van der Waals surface area contributed by atoms with E-state index in [1.165, 1.54) is 35.7 Å². The normalized spacial score (nSPS) is 21.0. The number of carbonyl (C=O) groups excluding carboxylic acids is 1. The molecule has 3 aliphatic rings. The number of nitrogens with zero attached hydrogens (tertiary/aromatic N) is 4. The van der Waals surface area contributed by atoms with Crippen LogP contribution in [-0.2, 0) is 19.6 Å². The van der Waals surface area contributed by atoms with Crippen molar-refractivity contribution >= 4 is 44.2 Å². The number of ether oxygens (including phenoxy) is 1. The quantitative estimate of drug-likeness (QED) is 0.180. The van der Waals surface area contributed by atoms with Crippen molar-refractivity contribution in [3.05, 3.63) is 77.4 Å². The number of halogens is 2. The van der Waals surface area contributed by atoms with Gasteiger partial charge in [0.15, 0.2) is 23.1 Å². The predicted molar refractivity (Wildman–Crippen MR) is 171 cm³/mol. The second-order valence-electron chi connectivity index (χ2n) is 11.8. The van der Waals surface area contributed by atoms with Gasteiger partial charge in [-0.25, -0.2) is 36.1 Å². The third kappa shape index (κ3) is 5.24. The van der Waals surface area contributed by atoms with Crippen LogP contribution in [-0.4, -0.2) is 46.0 Å². The minimum atomic E-state index is -4.17. The van der Waals surface area contributed by atoms with Gasteiger partial charge in [-0.2, -0.15) is 0 Å². The number of pyridine rings is 1. The number of anilines is 1. The highest BCUT2D eigenvalue weighted by atomic mass is 32.2. The number of hydrogen-bond donors (Lipinski definition) is 1. The largest absolute Gasteiger partial charge is 0.466 e. The maximum Gasteiger partial charge on any atom is 0.311 e. The van der Waals surface area contributed by atoms with E-state index in [-0.39, 0.29) is 63.2 Å². The maximum absolute atomic E-state index is 16.4. The summed E-state index contributed by atoms with van der Waals surface area (Å²) in [4.78, 5) is 27.0. The number of carbonyl (C=O) groups is 1. The van der Waals surface area contributed by atoms with Crippen molar-refractivity contribution in [3.63, 3.8) is 0 Å². The van der Waals surface area contributed by atoms with Crippen molar-refractivity contribution in [3.8, 4) is 22.0 Å². The summed E-state index contributed by atoms with van der Waals surface area (Å²) in [6.07, 6.45) is 5.83. The molecule has 1 N–H and O–H groups in total. The molecule has 3 saturated carbocycles. The molecule has 0 saturated heterocycles. The molecule has 2 atom stereocenters. The van der Waals surface area contributed by atoms with Crippen LogP contribution in [0.4, 0.5) is 14.6 Å². The Bertz CT molecular complexity index is 2040. The van der Waals surface area contributed by atoms with Crippen LogP contribution >= 0.6 is 11.3 Å². The Morgan fingerprint density at radius 1 is 1.09 bits per heavy atom. The maximum atomic E-state index is 16.4. The molecule has 0 aliphatic heterocycles. The molecule has 0 radical (unpaired) electrons. The van der Waals surface area contributed by atoms with Crippen LogP contribution in [0.3, 0.4) is 0 Å². The fraction of sp³-hybridized carbons (Fsp3) is 0.333. The zero-order chi connectivity index (χ0) is 32.2. The smallest absolute Gasteiger partial charge is 0.311 e. The first-order chi connectivity index (χ1) is 22.2. The standard InChI is InChI=1S/C33H31F2N5O4S2/c1-3-44-33(41)26-19-8-10-20(11-9-19)28(26)37-31-27(35)29(25-5-4-14-45-25)38-30(39-31)24-17-40(32-23(24)15-21(34)16-36-32)46(42,43)22-12-6-18(2)7-13-22/h4-7,12-17,19-20,26,28H,3,8-11H2,1-2H3,(H,37,38,39)/t19?,20?,26-,28-/m0/s1. The predicted octanol–water partition coefficient (Wildman–Crippen LogP) is 6.83. The Morgan fingerprint density at radius 3 is 2.52 bits per heavy atom. The molecule has 238 valence electrons. The van der Waals surface area contributed by atoms with Gasteiger partial charge in [-0.3, -0.25) is 4.79 Å². The minimum absolute atomic E-state index is 0.00260. The highest BCUT2D eigenvalue weighted by Crippen LogP contribution is 2.47. The summed E-state index contributed by atoms with van der Waals surface area (Å²) in [6.45, 7) is 3.85. The van der Waals surface area contributed by atoms with Gasteiger partial charge < -0.3 is 10.1 Å². The number of aryl methyl sites for hydroxylation is 1. The molecule has 1 aromatic carbocycles. The number of aromatic nitrogens is 4. The van der Waals surface area contributed by atoms with Gasteiger partial charge in [-0.1, -0.05) is 23.8 Å². The van der Waals surface area contributed by atoms with Gasteiger partial charge in [0, 0.05) is 23.2 Å². The minimum Gasteiger partial charge on any atom is -0.466 e. The number of nitrogens with one attached hydrogen (secondary N) is 1. The number of benzene rings is 1. The number of fused-ring (bicyclic) bond motifs is 4. The lowest BCUT2D eigenvalue weighted by molar-refractivity contribution is -0.154. The van der Waals surface area contributed by atoms with Crippen LogP contribution in [0.15, 0.2) is 65.1 Å². The van der Waals surface area contributed by atoms with Crippen molar-refractivity contribution in [2.45, 2.75) is 50.5 Å². The molecular formula is C33H31F2N5O4S2. The molecule has 0 amide bonds. The lowest BCUT2D eigenvalue weighted by atomic mass is 9.61. The summed E-state index contributed by atoms with van der Waals surface area (Å²) in [5.74, 6) is -2.07. The molecular weight excluding hydrogens is 633 g/mol.